The van der Waals surface area contributed by atoms with Crippen LogP contribution in [0.5, 0.6) is 0 Å². The predicted octanol–water partition coefficient (Wildman–Crippen LogP) is 4.23. The van der Waals surface area contributed by atoms with E-state index >= 15 is 0 Å². The van der Waals surface area contributed by atoms with Gasteiger partial charge in [-0.25, -0.2) is 0 Å². The molecule has 1 aliphatic rings. The summed E-state index contributed by atoms with van der Waals surface area (Å²) >= 11 is 0. The molecule has 1 unspecified atom stereocenters. The summed E-state index contributed by atoms with van der Waals surface area (Å²) < 4.78 is 0. The van der Waals surface area contributed by atoms with E-state index in [1.165, 1.54) is 5.56 Å². The van der Waals surface area contributed by atoms with Crippen LogP contribution >= 0.6 is 0 Å². The van der Waals surface area contributed by atoms with E-state index in [4.69, 9.17) is 0 Å². The molecule has 3 aromatic carbocycles. The Labute approximate surface area is 190 Å². The van der Waals surface area contributed by atoms with Gasteiger partial charge in [-0.1, -0.05) is 90.5 Å². The second-order valence-electron chi connectivity index (χ2n) is 9.00. The van der Waals surface area contributed by atoms with Gasteiger partial charge in [0.25, 0.3) is 0 Å². The lowest BCUT2D eigenvalue weighted by Crippen LogP contribution is -2.47. The Hall–Kier alpha value is -2.95. The van der Waals surface area contributed by atoms with Crippen molar-refractivity contribution in [3.63, 3.8) is 0 Å². The van der Waals surface area contributed by atoms with Crippen LogP contribution in [0.25, 0.3) is 0 Å². The SMILES string of the molecule is Cc1ccc([C@@H](CN2CCC(O)C2)NC(=O)C(C)(c2ccccc2)c2ccccc2)cc1. The van der Waals surface area contributed by atoms with Crippen LogP contribution in [0.2, 0.25) is 0 Å². The first-order valence-electron chi connectivity index (χ1n) is 11.4. The van der Waals surface area contributed by atoms with Gasteiger partial charge < -0.3 is 10.4 Å². The Morgan fingerprint density at radius 3 is 2.06 bits per heavy atom. The van der Waals surface area contributed by atoms with E-state index in [1.54, 1.807) is 0 Å². The van der Waals surface area contributed by atoms with Gasteiger partial charge in [-0.3, -0.25) is 9.69 Å². The molecule has 166 valence electrons. The smallest absolute Gasteiger partial charge is 0.235 e. The molecule has 1 fully saturated rings. The molecule has 2 atom stereocenters. The van der Waals surface area contributed by atoms with Crippen molar-refractivity contribution in [2.24, 2.45) is 0 Å². The first kappa shape index (κ1) is 22.3. The van der Waals surface area contributed by atoms with Gasteiger partial charge in [0.05, 0.1) is 17.6 Å². The molecule has 4 heteroatoms. The third-order valence-electron chi connectivity index (χ3n) is 6.63. The number of carbonyl (C=O) groups excluding carboxylic acids is 1. The highest BCUT2D eigenvalue weighted by atomic mass is 16.3. The van der Waals surface area contributed by atoms with Crippen molar-refractivity contribution < 1.29 is 9.90 Å². The van der Waals surface area contributed by atoms with Crippen LogP contribution in [0, 0.1) is 6.92 Å². The van der Waals surface area contributed by atoms with Crippen LogP contribution in [0.15, 0.2) is 84.9 Å². The molecule has 0 spiro atoms. The number of aliphatic hydroxyl groups excluding tert-OH is 1. The first-order valence-corrected chi connectivity index (χ1v) is 11.4. The second-order valence-corrected chi connectivity index (χ2v) is 9.00. The second kappa shape index (κ2) is 9.68. The van der Waals surface area contributed by atoms with Gasteiger partial charge in [0.1, 0.15) is 0 Å². The number of benzene rings is 3. The number of aryl methyl sites for hydroxylation is 1. The summed E-state index contributed by atoms with van der Waals surface area (Å²) in [4.78, 5) is 16.2. The minimum Gasteiger partial charge on any atom is -0.392 e. The maximum Gasteiger partial charge on any atom is 0.235 e. The normalized spacial score (nSPS) is 17.8. The van der Waals surface area contributed by atoms with Gasteiger partial charge >= 0.3 is 0 Å². The number of rotatable bonds is 7. The summed E-state index contributed by atoms with van der Waals surface area (Å²) in [5.74, 6) is -0.0276. The topological polar surface area (TPSA) is 52.6 Å². The maximum atomic E-state index is 14.0. The summed E-state index contributed by atoms with van der Waals surface area (Å²) in [7, 11) is 0. The molecule has 1 saturated heterocycles. The molecule has 1 heterocycles. The Kier molecular flexibility index (Phi) is 6.73. The lowest BCUT2D eigenvalue weighted by atomic mass is 9.75. The molecule has 0 radical (unpaired) electrons. The number of likely N-dealkylation sites (tertiary alicyclic amines) is 1. The Balaban J connectivity index is 1.67. The van der Waals surface area contributed by atoms with Crippen molar-refractivity contribution in [1.82, 2.24) is 10.2 Å². The molecule has 3 aromatic rings. The number of amides is 1. The quantitative estimate of drug-likeness (QED) is 0.592. The van der Waals surface area contributed by atoms with Gasteiger partial charge in [0, 0.05) is 19.6 Å². The van der Waals surface area contributed by atoms with Crippen molar-refractivity contribution in [1.29, 1.82) is 0 Å². The van der Waals surface area contributed by atoms with Crippen molar-refractivity contribution in [3.05, 3.63) is 107 Å². The van der Waals surface area contributed by atoms with Crippen LogP contribution in [-0.4, -0.2) is 41.7 Å². The number of hydrogen-bond acceptors (Lipinski definition) is 3. The summed E-state index contributed by atoms with van der Waals surface area (Å²) in [6.45, 7) is 6.22. The lowest BCUT2D eigenvalue weighted by Gasteiger charge is -2.33. The van der Waals surface area contributed by atoms with Crippen LogP contribution in [0.4, 0.5) is 0 Å². The number of nitrogens with zero attached hydrogens (tertiary/aromatic N) is 1. The lowest BCUT2D eigenvalue weighted by molar-refractivity contribution is -0.125. The third-order valence-corrected chi connectivity index (χ3v) is 6.63. The Morgan fingerprint density at radius 2 is 1.56 bits per heavy atom. The first-order chi connectivity index (χ1) is 15.5. The van der Waals surface area contributed by atoms with E-state index in [2.05, 4.69) is 41.4 Å². The zero-order chi connectivity index (χ0) is 22.6. The molecule has 1 amide bonds. The molecule has 0 aromatic heterocycles. The summed E-state index contributed by atoms with van der Waals surface area (Å²) in [5, 5.41) is 13.4. The molecule has 0 bridgehead atoms. The molecule has 2 N–H and O–H groups in total. The fourth-order valence-electron chi connectivity index (χ4n) is 4.54. The van der Waals surface area contributed by atoms with Crippen molar-refractivity contribution in [2.45, 2.75) is 37.8 Å². The molecule has 32 heavy (non-hydrogen) atoms. The average molecular weight is 429 g/mol. The molecular formula is C28H32N2O2. The van der Waals surface area contributed by atoms with E-state index in [9.17, 15) is 9.90 Å². The highest BCUT2D eigenvalue weighted by Gasteiger charge is 2.38. The minimum atomic E-state index is -0.823. The molecular weight excluding hydrogens is 396 g/mol. The monoisotopic (exact) mass is 428 g/mol. The van der Waals surface area contributed by atoms with E-state index in [-0.39, 0.29) is 18.1 Å². The van der Waals surface area contributed by atoms with E-state index in [1.807, 2.05) is 67.6 Å². The number of nitrogens with one attached hydrogen (secondary N) is 1. The van der Waals surface area contributed by atoms with Crippen molar-refractivity contribution in [2.75, 3.05) is 19.6 Å². The number of β-amino-alcohol motifs (C(OH)–C–C–N with tert-alkyl or cyclic N) is 1. The average Bonchev–Trinajstić information content (AvgIpc) is 3.24. The number of carbonyl (C=O) groups is 1. The van der Waals surface area contributed by atoms with E-state index in [0.717, 1.165) is 29.7 Å². The molecule has 4 rings (SSSR count). The maximum absolute atomic E-state index is 14.0. The molecule has 0 aliphatic carbocycles. The van der Waals surface area contributed by atoms with Crippen LogP contribution < -0.4 is 5.32 Å². The van der Waals surface area contributed by atoms with Crippen molar-refractivity contribution >= 4 is 5.91 Å². The van der Waals surface area contributed by atoms with Gasteiger partial charge in [0.2, 0.25) is 5.91 Å². The van der Waals surface area contributed by atoms with E-state index < -0.39 is 5.41 Å². The minimum absolute atomic E-state index is 0.0276. The van der Waals surface area contributed by atoms with Gasteiger partial charge in [-0.05, 0) is 37.0 Å². The summed E-state index contributed by atoms with van der Waals surface area (Å²) in [6, 6.07) is 28.1. The third kappa shape index (κ3) is 4.77. The van der Waals surface area contributed by atoms with Crippen LogP contribution in [-0.2, 0) is 10.2 Å². The fourth-order valence-corrected chi connectivity index (χ4v) is 4.54. The fraction of sp³-hybridized carbons (Fsp3) is 0.321. The Bertz CT molecular complexity index is 979. The van der Waals surface area contributed by atoms with Gasteiger partial charge in [0.15, 0.2) is 0 Å². The van der Waals surface area contributed by atoms with Crippen LogP contribution in [0.3, 0.4) is 0 Å². The van der Waals surface area contributed by atoms with E-state index in [0.29, 0.717) is 13.1 Å². The highest BCUT2D eigenvalue weighted by Crippen LogP contribution is 2.33. The largest absolute Gasteiger partial charge is 0.392 e. The summed E-state index contributed by atoms with van der Waals surface area (Å²) in [5.41, 5.74) is 3.37. The van der Waals surface area contributed by atoms with Crippen molar-refractivity contribution in [3.8, 4) is 0 Å². The Morgan fingerprint density at radius 1 is 1.00 bits per heavy atom. The zero-order valence-electron chi connectivity index (χ0n) is 18.9. The zero-order valence-corrected chi connectivity index (χ0v) is 18.9. The standard InChI is InChI=1S/C28H32N2O2/c1-21-13-15-22(16-14-21)26(20-30-18-17-25(31)19-30)29-27(32)28(2,23-9-5-3-6-10-23)24-11-7-4-8-12-24/h3-16,25-26,31H,17-20H2,1-2H3,(H,29,32)/t25?,26-/m1/s1. The van der Waals surface area contributed by atoms with Gasteiger partial charge in [-0.15, -0.1) is 0 Å². The predicted molar refractivity (Wildman–Crippen MR) is 128 cm³/mol. The number of aliphatic hydroxyl groups is 1. The van der Waals surface area contributed by atoms with Gasteiger partial charge in [-0.2, -0.15) is 0 Å². The number of hydrogen-bond donors (Lipinski definition) is 2. The molecule has 0 saturated carbocycles. The van der Waals surface area contributed by atoms with Crippen LogP contribution in [0.1, 0.15) is 41.6 Å². The molecule has 1 aliphatic heterocycles. The highest BCUT2D eigenvalue weighted by molar-refractivity contribution is 5.92. The summed E-state index contributed by atoms with van der Waals surface area (Å²) in [6.07, 6.45) is 0.489. The molecule has 4 nitrogen and oxygen atoms in total.